The Morgan fingerprint density at radius 3 is 2.84 bits per heavy atom. The predicted molar refractivity (Wildman–Crippen MR) is 95.3 cm³/mol. The largest absolute Gasteiger partial charge is 0.364 e. The fraction of sp³-hybridized carbons (Fsp3) is 0.211. The summed E-state index contributed by atoms with van der Waals surface area (Å²) in [5.74, 6) is 0.889. The first kappa shape index (κ1) is 15.5. The highest BCUT2D eigenvalue weighted by atomic mass is 19.1. The van der Waals surface area contributed by atoms with E-state index in [1.54, 1.807) is 18.3 Å². The van der Waals surface area contributed by atoms with Crippen molar-refractivity contribution in [2.24, 2.45) is 0 Å². The molecule has 5 nitrogen and oxygen atoms in total. The SMILES string of the molecule is CC1Cc2ccccc2N1c1nncc(NCc2ccccc2F)n1. The van der Waals surface area contributed by atoms with Crippen LogP contribution in [0.1, 0.15) is 18.1 Å². The van der Waals surface area contributed by atoms with Crippen molar-refractivity contribution in [3.8, 4) is 0 Å². The molecule has 6 heteroatoms. The molecule has 2 heterocycles. The number of fused-ring (bicyclic) bond motifs is 1. The van der Waals surface area contributed by atoms with Gasteiger partial charge in [-0.3, -0.25) is 0 Å². The number of hydrogen-bond acceptors (Lipinski definition) is 5. The topological polar surface area (TPSA) is 53.9 Å². The van der Waals surface area contributed by atoms with Crippen molar-refractivity contribution in [3.63, 3.8) is 0 Å². The van der Waals surface area contributed by atoms with Gasteiger partial charge in [0.15, 0.2) is 5.82 Å². The molecule has 1 aromatic heterocycles. The van der Waals surface area contributed by atoms with Crippen LogP contribution in [-0.4, -0.2) is 21.2 Å². The highest BCUT2D eigenvalue weighted by Gasteiger charge is 2.29. The molecule has 3 aromatic rings. The van der Waals surface area contributed by atoms with Gasteiger partial charge in [-0.1, -0.05) is 36.4 Å². The second-order valence-corrected chi connectivity index (χ2v) is 6.14. The number of anilines is 3. The predicted octanol–water partition coefficient (Wildman–Crippen LogP) is 3.71. The van der Waals surface area contributed by atoms with Crippen molar-refractivity contribution in [3.05, 3.63) is 71.7 Å². The Balaban J connectivity index is 1.57. The molecule has 0 bridgehead atoms. The molecular formula is C19H18FN5. The summed E-state index contributed by atoms with van der Waals surface area (Å²) < 4.78 is 13.7. The minimum absolute atomic E-state index is 0.237. The van der Waals surface area contributed by atoms with Crippen LogP contribution in [0.2, 0.25) is 0 Å². The molecule has 1 aliphatic heterocycles. The van der Waals surface area contributed by atoms with Crippen LogP contribution in [0.5, 0.6) is 0 Å². The molecule has 0 fully saturated rings. The smallest absolute Gasteiger partial charge is 0.252 e. The molecule has 0 amide bonds. The summed E-state index contributed by atoms with van der Waals surface area (Å²) in [4.78, 5) is 6.66. The number of nitrogens with zero attached hydrogens (tertiary/aromatic N) is 4. The molecule has 1 atom stereocenters. The third-order valence-electron chi connectivity index (χ3n) is 4.39. The molecule has 0 spiro atoms. The normalized spacial score (nSPS) is 15.9. The van der Waals surface area contributed by atoms with Crippen molar-refractivity contribution in [2.75, 3.05) is 10.2 Å². The van der Waals surface area contributed by atoms with E-state index in [1.165, 1.54) is 11.6 Å². The summed E-state index contributed by atoms with van der Waals surface area (Å²) in [5.41, 5.74) is 2.98. The van der Waals surface area contributed by atoms with Crippen molar-refractivity contribution < 1.29 is 4.39 Å². The summed E-state index contributed by atoms with van der Waals surface area (Å²) in [6.07, 6.45) is 2.50. The van der Waals surface area contributed by atoms with Gasteiger partial charge in [0, 0.05) is 23.8 Å². The van der Waals surface area contributed by atoms with Crippen molar-refractivity contribution in [2.45, 2.75) is 25.9 Å². The summed E-state index contributed by atoms with van der Waals surface area (Å²) >= 11 is 0. The highest BCUT2D eigenvalue weighted by Crippen LogP contribution is 2.36. The van der Waals surface area contributed by atoms with Crippen LogP contribution in [0.3, 0.4) is 0 Å². The number of aromatic nitrogens is 3. The van der Waals surface area contributed by atoms with E-state index in [0.717, 1.165) is 12.1 Å². The van der Waals surface area contributed by atoms with E-state index in [0.29, 0.717) is 23.9 Å². The monoisotopic (exact) mass is 335 g/mol. The Morgan fingerprint density at radius 1 is 1.16 bits per heavy atom. The van der Waals surface area contributed by atoms with Gasteiger partial charge in [-0.2, -0.15) is 10.1 Å². The summed E-state index contributed by atoms with van der Waals surface area (Å²) in [5, 5.41) is 11.4. The Labute approximate surface area is 145 Å². The zero-order valence-electron chi connectivity index (χ0n) is 13.9. The van der Waals surface area contributed by atoms with Gasteiger partial charge in [0.1, 0.15) is 5.82 Å². The molecular weight excluding hydrogens is 317 g/mol. The summed E-state index contributed by atoms with van der Waals surface area (Å²) in [6.45, 7) is 2.49. The van der Waals surface area contributed by atoms with Gasteiger partial charge in [0.2, 0.25) is 0 Å². The number of benzene rings is 2. The van der Waals surface area contributed by atoms with Crippen LogP contribution in [0.4, 0.5) is 21.8 Å². The fourth-order valence-corrected chi connectivity index (χ4v) is 3.18. The van der Waals surface area contributed by atoms with Crippen LogP contribution in [0.25, 0.3) is 0 Å². The van der Waals surface area contributed by atoms with Gasteiger partial charge in [-0.15, -0.1) is 5.10 Å². The van der Waals surface area contributed by atoms with Crippen LogP contribution in [-0.2, 0) is 13.0 Å². The van der Waals surface area contributed by atoms with E-state index in [4.69, 9.17) is 0 Å². The third kappa shape index (κ3) is 3.03. The van der Waals surface area contributed by atoms with Gasteiger partial charge in [-0.25, -0.2) is 4.39 Å². The maximum absolute atomic E-state index is 13.7. The van der Waals surface area contributed by atoms with Gasteiger partial charge < -0.3 is 10.2 Å². The number of halogens is 1. The average molecular weight is 335 g/mol. The van der Waals surface area contributed by atoms with Gasteiger partial charge in [0.05, 0.1) is 6.20 Å². The minimum atomic E-state index is -0.237. The van der Waals surface area contributed by atoms with Crippen LogP contribution in [0, 0.1) is 5.82 Å². The second kappa shape index (κ2) is 6.47. The number of para-hydroxylation sites is 1. The lowest BCUT2D eigenvalue weighted by atomic mass is 10.1. The van der Waals surface area contributed by atoms with Gasteiger partial charge >= 0.3 is 0 Å². The summed E-state index contributed by atoms with van der Waals surface area (Å²) in [6, 6.07) is 15.2. The molecule has 2 aromatic carbocycles. The van der Waals surface area contributed by atoms with E-state index >= 15 is 0 Å². The molecule has 1 unspecified atom stereocenters. The average Bonchev–Trinajstić information content (AvgIpc) is 2.97. The lowest BCUT2D eigenvalue weighted by Gasteiger charge is -2.22. The lowest BCUT2D eigenvalue weighted by molar-refractivity contribution is 0.613. The van der Waals surface area contributed by atoms with E-state index < -0.39 is 0 Å². The highest BCUT2D eigenvalue weighted by molar-refractivity contribution is 5.67. The van der Waals surface area contributed by atoms with Crippen LogP contribution in [0.15, 0.2) is 54.7 Å². The van der Waals surface area contributed by atoms with E-state index in [-0.39, 0.29) is 11.9 Å². The molecule has 25 heavy (non-hydrogen) atoms. The summed E-state index contributed by atoms with van der Waals surface area (Å²) in [7, 11) is 0. The quantitative estimate of drug-likeness (QED) is 0.788. The fourth-order valence-electron chi connectivity index (χ4n) is 3.18. The zero-order chi connectivity index (χ0) is 17.2. The second-order valence-electron chi connectivity index (χ2n) is 6.14. The Hall–Kier alpha value is -3.02. The lowest BCUT2D eigenvalue weighted by Crippen LogP contribution is -2.26. The van der Waals surface area contributed by atoms with Gasteiger partial charge in [0.25, 0.3) is 5.95 Å². The molecule has 0 aliphatic carbocycles. The van der Waals surface area contributed by atoms with Crippen LogP contribution < -0.4 is 10.2 Å². The molecule has 0 saturated carbocycles. The van der Waals surface area contributed by atoms with Crippen LogP contribution >= 0.6 is 0 Å². The maximum atomic E-state index is 13.7. The molecule has 4 rings (SSSR count). The van der Waals surface area contributed by atoms with Crippen molar-refractivity contribution in [1.82, 2.24) is 15.2 Å². The maximum Gasteiger partial charge on any atom is 0.252 e. The number of hydrogen-bond donors (Lipinski definition) is 1. The Morgan fingerprint density at radius 2 is 1.96 bits per heavy atom. The number of rotatable bonds is 4. The standard InChI is InChI=1S/C19H18FN5/c1-13-10-14-6-3-5-9-17(14)25(13)19-23-18(12-22-24-19)21-11-15-7-2-4-8-16(15)20/h2-9,12-13H,10-11H2,1H3,(H,21,23,24). The first-order valence-corrected chi connectivity index (χ1v) is 8.26. The molecule has 1 aliphatic rings. The molecule has 0 radical (unpaired) electrons. The first-order chi connectivity index (χ1) is 12.2. The van der Waals surface area contributed by atoms with Crippen molar-refractivity contribution >= 4 is 17.5 Å². The van der Waals surface area contributed by atoms with E-state index in [9.17, 15) is 4.39 Å². The Bertz CT molecular complexity index is 898. The third-order valence-corrected chi connectivity index (χ3v) is 4.39. The molecule has 0 saturated heterocycles. The molecule has 126 valence electrons. The first-order valence-electron chi connectivity index (χ1n) is 8.26. The minimum Gasteiger partial charge on any atom is -0.364 e. The van der Waals surface area contributed by atoms with E-state index in [1.807, 2.05) is 18.2 Å². The van der Waals surface area contributed by atoms with Gasteiger partial charge in [-0.05, 0) is 31.0 Å². The zero-order valence-corrected chi connectivity index (χ0v) is 13.9. The molecule has 1 N–H and O–H groups in total. The van der Waals surface area contributed by atoms with E-state index in [2.05, 4.69) is 44.5 Å². The Kier molecular flexibility index (Phi) is 4.01. The van der Waals surface area contributed by atoms with Crippen molar-refractivity contribution in [1.29, 1.82) is 0 Å². The number of nitrogens with one attached hydrogen (secondary N) is 1.